The Bertz CT molecular complexity index is 523. The predicted molar refractivity (Wildman–Crippen MR) is 85.2 cm³/mol. The summed E-state index contributed by atoms with van der Waals surface area (Å²) in [5, 5.41) is 0. The average Bonchev–Trinajstić information content (AvgIpc) is 2.76. The molecule has 5 nitrogen and oxygen atoms in total. The Kier molecular flexibility index (Phi) is 4.42. The second-order valence-electron chi connectivity index (χ2n) is 6.55. The fourth-order valence-electron chi connectivity index (χ4n) is 2.49. The van der Waals surface area contributed by atoms with E-state index in [1.807, 2.05) is 32.9 Å². The van der Waals surface area contributed by atoms with E-state index in [1.54, 1.807) is 0 Å². The van der Waals surface area contributed by atoms with E-state index < -0.39 is 11.6 Å². The third-order valence-electron chi connectivity index (χ3n) is 3.52. The first-order chi connectivity index (χ1) is 9.76. The molecule has 0 saturated heterocycles. The summed E-state index contributed by atoms with van der Waals surface area (Å²) < 4.78 is 5.30. The molecule has 1 aromatic carbocycles. The predicted octanol–water partition coefficient (Wildman–Crippen LogP) is 1.69. The number of nitrogen functional groups attached to an aromatic ring is 1. The second-order valence-corrected chi connectivity index (χ2v) is 6.55. The number of esters is 1. The molecule has 1 aliphatic rings. The number of carbonyl (C=O) groups excluding carboxylic acids is 1. The summed E-state index contributed by atoms with van der Waals surface area (Å²) in [6, 6.07) is 5.39. The van der Waals surface area contributed by atoms with E-state index in [0.717, 1.165) is 30.9 Å². The van der Waals surface area contributed by atoms with Gasteiger partial charge in [0.05, 0.1) is 0 Å². The van der Waals surface area contributed by atoms with Gasteiger partial charge in [-0.25, -0.2) is 0 Å². The summed E-state index contributed by atoms with van der Waals surface area (Å²) in [5.41, 5.74) is 14.5. The maximum absolute atomic E-state index is 11.9. The largest absolute Gasteiger partial charge is 0.459 e. The second kappa shape index (κ2) is 5.93. The molecule has 5 heteroatoms. The Labute approximate surface area is 126 Å². The van der Waals surface area contributed by atoms with Crippen molar-refractivity contribution in [1.29, 1.82) is 0 Å². The lowest BCUT2D eigenvalue weighted by Crippen LogP contribution is -2.39. The van der Waals surface area contributed by atoms with Crippen LogP contribution in [0.4, 0.5) is 11.4 Å². The van der Waals surface area contributed by atoms with Crippen molar-refractivity contribution in [1.82, 2.24) is 0 Å². The van der Waals surface area contributed by atoms with Gasteiger partial charge < -0.3 is 21.1 Å². The minimum atomic E-state index is -0.589. The summed E-state index contributed by atoms with van der Waals surface area (Å²) in [5.74, 6) is -0.338. The maximum atomic E-state index is 11.9. The number of anilines is 2. The van der Waals surface area contributed by atoms with Crippen molar-refractivity contribution in [3.8, 4) is 0 Å². The van der Waals surface area contributed by atoms with Gasteiger partial charge in [0.15, 0.2) is 0 Å². The molecule has 0 spiro atoms. The minimum absolute atomic E-state index is 0.338. The van der Waals surface area contributed by atoms with Gasteiger partial charge in [-0.05, 0) is 51.3 Å². The van der Waals surface area contributed by atoms with E-state index in [9.17, 15) is 4.79 Å². The van der Waals surface area contributed by atoms with Crippen molar-refractivity contribution in [2.45, 2.75) is 45.3 Å². The first kappa shape index (κ1) is 15.6. The molecular weight excluding hydrogens is 266 g/mol. The van der Waals surface area contributed by atoms with Crippen LogP contribution < -0.4 is 16.4 Å². The molecule has 0 radical (unpaired) electrons. The minimum Gasteiger partial charge on any atom is -0.459 e. The third kappa shape index (κ3) is 4.11. The van der Waals surface area contributed by atoms with Crippen molar-refractivity contribution >= 4 is 17.3 Å². The van der Waals surface area contributed by atoms with Gasteiger partial charge in [0.25, 0.3) is 0 Å². The molecule has 0 aliphatic carbocycles. The molecule has 0 saturated carbocycles. The van der Waals surface area contributed by atoms with Crippen LogP contribution in [0.25, 0.3) is 0 Å². The SMILES string of the molecule is CC(C)(C)OC(=O)C(N)CCN1CCc2ccc(N)cc21. The highest BCUT2D eigenvalue weighted by atomic mass is 16.6. The first-order valence-corrected chi connectivity index (χ1v) is 7.38. The lowest BCUT2D eigenvalue weighted by Gasteiger charge is -2.24. The van der Waals surface area contributed by atoms with Crippen molar-refractivity contribution in [2.24, 2.45) is 5.73 Å². The smallest absolute Gasteiger partial charge is 0.323 e. The molecule has 1 aromatic rings. The molecular formula is C16H25N3O2. The number of fused-ring (bicyclic) bond motifs is 1. The Hall–Kier alpha value is -1.75. The van der Waals surface area contributed by atoms with Gasteiger partial charge in [-0.1, -0.05) is 6.07 Å². The van der Waals surface area contributed by atoms with E-state index in [1.165, 1.54) is 5.56 Å². The zero-order valence-electron chi connectivity index (χ0n) is 13.1. The number of rotatable bonds is 4. The van der Waals surface area contributed by atoms with Crippen LogP contribution in [-0.4, -0.2) is 30.7 Å². The van der Waals surface area contributed by atoms with E-state index in [-0.39, 0.29) is 5.97 Å². The van der Waals surface area contributed by atoms with Crippen molar-refractivity contribution < 1.29 is 9.53 Å². The average molecular weight is 291 g/mol. The van der Waals surface area contributed by atoms with Crippen LogP contribution in [0, 0.1) is 0 Å². The Morgan fingerprint density at radius 3 is 2.81 bits per heavy atom. The van der Waals surface area contributed by atoms with E-state index in [0.29, 0.717) is 6.42 Å². The van der Waals surface area contributed by atoms with E-state index >= 15 is 0 Å². The first-order valence-electron chi connectivity index (χ1n) is 7.38. The van der Waals surface area contributed by atoms with Gasteiger partial charge in [-0.3, -0.25) is 4.79 Å². The summed E-state index contributed by atoms with van der Waals surface area (Å²) in [4.78, 5) is 14.1. The molecule has 4 N–H and O–H groups in total. The molecule has 21 heavy (non-hydrogen) atoms. The Balaban J connectivity index is 1.90. The van der Waals surface area contributed by atoms with Crippen molar-refractivity contribution in [3.63, 3.8) is 0 Å². The lowest BCUT2D eigenvalue weighted by atomic mass is 10.1. The summed E-state index contributed by atoms with van der Waals surface area (Å²) >= 11 is 0. The zero-order chi connectivity index (χ0) is 15.6. The van der Waals surface area contributed by atoms with Crippen molar-refractivity contribution in [2.75, 3.05) is 23.7 Å². The van der Waals surface area contributed by atoms with E-state index in [2.05, 4.69) is 11.0 Å². The number of hydrogen-bond donors (Lipinski definition) is 2. The molecule has 116 valence electrons. The highest BCUT2D eigenvalue weighted by Crippen LogP contribution is 2.30. The summed E-state index contributed by atoms with van der Waals surface area (Å²) in [6.45, 7) is 7.21. The van der Waals surface area contributed by atoms with Crippen LogP contribution in [0.5, 0.6) is 0 Å². The Morgan fingerprint density at radius 2 is 2.14 bits per heavy atom. The maximum Gasteiger partial charge on any atom is 0.323 e. The van der Waals surface area contributed by atoms with Gasteiger partial charge in [0, 0.05) is 24.5 Å². The third-order valence-corrected chi connectivity index (χ3v) is 3.52. The van der Waals surface area contributed by atoms with Gasteiger partial charge in [0.1, 0.15) is 11.6 Å². The van der Waals surface area contributed by atoms with Crippen LogP contribution in [0.15, 0.2) is 18.2 Å². The fourth-order valence-corrected chi connectivity index (χ4v) is 2.49. The molecule has 0 fully saturated rings. The highest BCUT2D eigenvalue weighted by Gasteiger charge is 2.24. The zero-order valence-corrected chi connectivity index (χ0v) is 13.1. The molecule has 0 amide bonds. The van der Waals surface area contributed by atoms with Crippen LogP contribution in [-0.2, 0) is 16.0 Å². The van der Waals surface area contributed by atoms with Gasteiger partial charge in [-0.2, -0.15) is 0 Å². The number of nitrogens with zero attached hydrogens (tertiary/aromatic N) is 1. The number of carbonyl (C=O) groups is 1. The van der Waals surface area contributed by atoms with Crippen LogP contribution in [0.1, 0.15) is 32.8 Å². The number of benzene rings is 1. The number of ether oxygens (including phenoxy) is 1. The van der Waals surface area contributed by atoms with Gasteiger partial charge in [0.2, 0.25) is 0 Å². The normalized spacial score (nSPS) is 15.7. The molecule has 0 aromatic heterocycles. The molecule has 1 atom stereocenters. The molecule has 1 unspecified atom stereocenters. The standard InChI is InChI=1S/C16H25N3O2/c1-16(2,3)21-15(20)13(18)7-9-19-8-6-11-4-5-12(17)10-14(11)19/h4-5,10,13H,6-9,17-18H2,1-3H3. The quantitative estimate of drug-likeness (QED) is 0.651. The molecule has 2 rings (SSSR count). The van der Waals surface area contributed by atoms with Gasteiger partial charge in [-0.15, -0.1) is 0 Å². The lowest BCUT2D eigenvalue weighted by molar-refractivity contribution is -0.156. The number of nitrogens with two attached hydrogens (primary N) is 2. The fraction of sp³-hybridized carbons (Fsp3) is 0.562. The topological polar surface area (TPSA) is 81.6 Å². The van der Waals surface area contributed by atoms with Crippen LogP contribution in [0.2, 0.25) is 0 Å². The van der Waals surface area contributed by atoms with Gasteiger partial charge >= 0.3 is 5.97 Å². The molecule has 1 aliphatic heterocycles. The Morgan fingerprint density at radius 1 is 1.43 bits per heavy atom. The van der Waals surface area contributed by atoms with Crippen LogP contribution in [0.3, 0.4) is 0 Å². The van der Waals surface area contributed by atoms with Crippen molar-refractivity contribution in [3.05, 3.63) is 23.8 Å². The summed E-state index contributed by atoms with van der Waals surface area (Å²) in [7, 11) is 0. The number of hydrogen-bond acceptors (Lipinski definition) is 5. The molecule has 0 bridgehead atoms. The molecule has 1 heterocycles. The summed E-state index contributed by atoms with van der Waals surface area (Å²) in [6.07, 6.45) is 1.58. The van der Waals surface area contributed by atoms with Crippen LogP contribution >= 0.6 is 0 Å². The monoisotopic (exact) mass is 291 g/mol. The van der Waals surface area contributed by atoms with E-state index in [4.69, 9.17) is 16.2 Å². The highest BCUT2D eigenvalue weighted by molar-refractivity contribution is 5.76.